The van der Waals surface area contributed by atoms with Crippen LogP contribution in [-0.4, -0.2) is 43.0 Å². The average Bonchev–Trinajstić information content (AvgIpc) is 2.70. The number of morpholine rings is 1. The summed E-state index contributed by atoms with van der Waals surface area (Å²) in [5, 5.41) is 3.78. The van der Waals surface area contributed by atoms with Gasteiger partial charge in [0.15, 0.2) is 0 Å². The van der Waals surface area contributed by atoms with Gasteiger partial charge in [0.1, 0.15) is 6.54 Å². The SMILES string of the molecule is O=C(Cn1cc(C(F)(F)F)ccc1=O)N/N=C\c1ccc(N2CCOCC2)cc1. The van der Waals surface area contributed by atoms with Crippen molar-refractivity contribution in [2.45, 2.75) is 12.7 Å². The molecule has 0 spiro atoms. The highest BCUT2D eigenvalue weighted by molar-refractivity contribution is 5.82. The zero-order valence-electron chi connectivity index (χ0n) is 15.4. The molecule has 1 amide bonds. The molecule has 7 nitrogen and oxygen atoms in total. The van der Waals surface area contributed by atoms with E-state index in [1.807, 2.05) is 24.3 Å². The van der Waals surface area contributed by atoms with Crippen molar-refractivity contribution < 1.29 is 22.7 Å². The average molecular weight is 408 g/mol. The number of halogens is 3. The summed E-state index contributed by atoms with van der Waals surface area (Å²) in [6.07, 6.45) is -2.58. The topological polar surface area (TPSA) is 75.9 Å². The Balaban J connectivity index is 1.56. The molecule has 0 saturated carbocycles. The van der Waals surface area contributed by atoms with Gasteiger partial charge in [0, 0.05) is 31.0 Å². The van der Waals surface area contributed by atoms with Crippen LogP contribution in [0.4, 0.5) is 18.9 Å². The number of hydrogen-bond acceptors (Lipinski definition) is 5. The molecule has 0 unspecified atom stereocenters. The number of rotatable bonds is 5. The first-order chi connectivity index (χ1) is 13.8. The van der Waals surface area contributed by atoms with Crippen LogP contribution < -0.4 is 15.9 Å². The van der Waals surface area contributed by atoms with E-state index < -0.39 is 29.8 Å². The van der Waals surface area contributed by atoms with Gasteiger partial charge >= 0.3 is 6.18 Å². The summed E-state index contributed by atoms with van der Waals surface area (Å²) in [6.45, 7) is 2.43. The van der Waals surface area contributed by atoms with Gasteiger partial charge in [-0.25, -0.2) is 5.43 Å². The molecule has 1 aliphatic rings. The van der Waals surface area contributed by atoms with Crippen LogP contribution in [0.2, 0.25) is 0 Å². The lowest BCUT2D eigenvalue weighted by atomic mass is 10.2. The van der Waals surface area contributed by atoms with Gasteiger partial charge in [-0.2, -0.15) is 18.3 Å². The molecule has 2 aromatic rings. The van der Waals surface area contributed by atoms with E-state index in [1.54, 1.807) is 0 Å². The smallest absolute Gasteiger partial charge is 0.378 e. The Hall–Kier alpha value is -3.14. The van der Waals surface area contributed by atoms with Crippen molar-refractivity contribution >= 4 is 17.8 Å². The number of amides is 1. The number of nitrogens with zero attached hydrogens (tertiary/aromatic N) is 3. The first kappa shape index (κ1) is 20.6. The fourth-order valence-electron chi connectivity index (χ4n) is 2.78. The first-order valence-corrected chi connectivity index (χ1v) is 8.85. The monoisotopic (exact) mass is 408 g/mol. The minimum atomic E-state index is -4.60. The van der Waals surface area contributed by atoms with Gasteiger partial charge < -0.3 is 14.2 Å². The summed E-state index contributed by atoms with van der Waals surface area (Å²) in [4.78, 5) is 25.7. The van der Waals surface area contributed by atoms with Crippen LogP contribution in [0.15, 0.2) is 52.5 Å². The minimum absolute atomic E-state index is 0.573. The molecule has 1 aliphatic heterocycles. The zero-order valence-corrected chi connectivity index (χ0v) is 15.4. The molecular formula is C19H19F3N4O3. The zero-order chi connectivity index (χ0) is 20.9. The number of alkyl halides is 3. The lowest BCUT2D eigenvalue weighted by molar-refractivity contribution is -0.138. The summed E-state index contributed by atoms with van der Waals surface area (Å²) in [7, 11) is 0. The molecule has 0 bridgehead atoms. The molecule has 29 heavy (non-hydrogen) atoms. The van der Waals surface area contributed by atoms with Crippen LogP contribution in [0.1, 0.15) is 11.1 Å². The highest BCUT2D eigenvalue weighted by Crippen LogP contribution is 2.27. The summed E-state index contributed by atoms with van der Waals surface area (Å²) in [6, 6.07) is 8.97. The maximum atomic E-state index is 12.7. The first-order valence-electron chi connectivity index (χ1n) is 8.85. The number of carbonyl (C=O) groups is 1. The molecule has 0 atom stereocenters. The molecule has 2 heterocycles. The van der Waals surface area contributed by atoms with Crippen molar-refractivity contribution in [3.63, 3.8) is 0 Å². The molecule has 3 rings (SSSR count). The minimum Gasteiger partial charge on any atom is -0.378 e. The van der Waals surface area contributed by atoms with Crippen molar-refractivity contribution in [2.75, 3.05) is 31.2 Å². The Morgan fingerprint density at radius 3 is 2.48 bits per heavy atom. The predicted octanol–water partition coefficient (Wildman–Crippen LogP) is 1.85. The van der Waals surface area contributed by atoms with E-state index >= 15 is 0 Å². The second kappa shape index (κ2) is 8.91. The lowest BCUT2D eigenvalue weighted by Gasteiger charge is -2.28. The second-order valence-electron chi connectivity index (χ2n) is 6.37. The van der Waals surface area contributed by atoms with Gasteiger partial charge in [0.05, 0.1) is 25.0 Å². The van der Waals surface area contributed by atoms with Gasteiger partial charge in [-0.15, -0.1) is 0 Å². The third-order valence-electron chi connectivity index (χ3n) is 4.30. The number of hydrogen-bond donors (Lipinski definition) is 1. The fourth-order valence-corrected chi connectivity index (χ4v) is 2.78. The number of aromatic nitrogens is 1. The van der Waals surface area contributed by atoms with E-state index in [-0.39, 0.29) is 0 Å². The third kappa shape index (κ3) is 5.67. The third-order valence-corrected chi connectivity index (χ3v) is 4.30. The quantitative estimate of drug-likeness (QED) is 0.605. The van der Waals surface area contributed by atoms with E-state index in [1.165, 1.54) is 6.21 Å². The van der Waals surface area contributed by atoms with Crippen molar-refractivity contribution in [1.82, 2.24) is 9.99 Å². The Bertz CT molecular complexity index is 933. The molecule has 154 valence electrons. The molecule has 0 radical (unpaired) electrons. The number of nitrogens with one attached hydrogen (secondary N) is 1. The molecule has 1 fully saturated rings. The molecule has 10 heteroatoms. The Kier molecular flexibility index (Phi) is 6.32. The van der Waals surface area contributed by atoms with Crippen molar-refractivity contribution in [1.29, 1.82) is 0 Å². The Morgan fingerprint density at radius 1 is 1.14 bits per heavy atom. The molecule has 1 aromatic carbocycles. The molecular weight excluding hydrogens is 389 g/mol. The normalized spacial score (nSPS) is 14.9. The van der Waals surface area contributed by atoms with Gasteiger partial charge in [-0.1, -0.05) is 12.1 Å². The van der Waals surface area contributed by atoms with Gasteiger partial charge in [-0.05, 0) is 23.8 Å². The molecule has 1 saturated heterocycles. The summed E-state index contributed by atoms with van der Waals surface area (Å²) in [5.41, 5.74) is 2.28. The fraction of sp³-hybridized carbons (Fsp3) is 0.316. The van der Waals surface area contributed by atoms with Crippen LogP contribution in [-0.2, 0) is 22.3 Å². The molecule has 1 aromatic heterocycles. The Morgan fingerprint density at radius 2 is 1.83 bits per heavy atom. The van der Waals surface area contributed by atoms with Crippen LogP contribution in [0, 0.1) is 0 Å². The number of carbonyl (C=O) groups excluding carboxylic acids is 1. The number of benzene rings is 1. The maximum absolute atomic E-state index is 12.7. The highest BCUT2D eigenvalue weighted by atomic mass is 19.4. The van der Waals surface area contributed by atoms with Gasteiger partial charge in [0.25, 0.3) is 11.5 Å². The summed E-state index contributed by atoms with van der Waals surface area (Å²) < 4.78 is 44.2. The predicted molar refractivity (Wildman–Crippen MR) is 101 cm³/mol. The van der Waals surface area contributed by atoms with Crippen LogP contribution in [0.25, 0.3) is 0 Å². The van der Waals surface area contributed by atoms with E-state index in [0.717, 1.165) is 30.4 Å². The second-order valence-corrected chi connectivity index (χ2v) is 6.37. The molecule has 1 N–H and O–H groups in total. The highest BCUT2D eigenvalue weighted by Gasteiger charge is 2.31. The van der Waals surface area contributed by atoms with E-state index in [9.17, 15) is 22.8 Å². The summed E-state index contributed by atoms with van der Waals surface area (Å²) in [5.74, 6) is -0.715. The van der Waals surface area contributed by atoms with E-state index in [0.29, 0.717) is 30.0 Å². The van der Waals surface area contributed by atoms with Crippen LogP contribution >= 0.6 is 0 Å². The van der Waals surface area contributed by atoms with Gasteiger partial charge in [-0.3, -0.25) is 9.59 Å². The standard InChI is InChI=1S/C19H19F3N4O3/c20-19(21,22)15-3-6-18(28)26(12-15)13-17(27)24-23-11-14-1-4-16(5-2-14)25-7-9-29-10-8-25/h1-6,11-12H,7-10,13H2,(H,24,27)/b23-11-. The summed E-state index contributed by atoms with van der Waals surface area (Å²) >= 11 is 0. The van der Waals surface area contributed by atoms with Crippen molar-refractivity contribution in [2.24, 2.45) is 5.10 Å². The van der Waals surface area contributed by atoms with Crippen molar-refractivity contribution in [3.05, 3.63) is 64.1 Å². The van der Waals surface area contributed by atoms with Crippen molar-refractivity contribution in [3.8, 4) is 0 Å². The largest absolute Gasteiger partial charge is 0.417 e. The van der Waals surface area contributed by atoms with Crippen LogP contribution in [0.3, 0.4) is 0 Å². The van der Waals surface area contributed by atoms with E-state index in [2.05, 4.69) is 15.4 Å². The molecule has 0 aliphatic carbocycles. The number of ether oxygens (including phenoxy) is 1. The maximum Gasteiger partial charge on any atom is 0.417 e. The van der Waals surface area contributed by atoms with Crippen LogP contribution in [0.5, 0.6) is 0 Å². The van der Waals surface area contributed by atoms with Gasteiger partial charge in [0.2, 0.25) is 0 Å². The Labute approximate surface area is 164 Å². The number of pyridine rings is 1. The lowest BCUT2D eigenvalue weighted by Crippen LogP contribution is -2.36. The van der Waals surface area contributed by atoms with E-state index in [4.69, 9.17) is 4.74 Å². The number of anilines is 1. The number of hydrazone groups is 1.